The zero-order valence-electron chi connectivity index (χ0n) is 9.88. The van der Waals surface area contributed by atoms with Crippen LogP contribution in [0, 0.1) is 0 Å². The molecular formula is C14H10ClN3S. The molecule has 0 aliphatic rings. The first-order valence-electron chi connectivity index (χ1n) is 5.69. The van der Waals surface area contributed by atoms with Gasteiger partial charge in [0.15, 0.2) is 0 Å². The summed E-state index contributed by atoms with van der Waals surface area (Å²) in [6.45, 7) is 0. The van der Waals surface area contributed by atoms with E-state index in [9.17, 15) is 0 Å². The zero-order valence-corrected chi connectivity index (χ0v) is 11.4. The molecule has 0 amide bonds. The number of nitrogens with zero attached hydrogens (tertiary/aromatic N) is 2. The van der Waals surface area contributed by atoms with E-state index in [0.717, 1.165) is 22.0 Å². The van der Waals surface area contributed by atoms with Crippen LogP contribution in [0.15, 0.2) is 48.8 Å². The van der Waals surface area contributed by atoms with Crippen molar-refractivity contribution in [2.75, 3.05) is 0 Å². The first-order chi connectivity index (χ1) is 9.16. The fourth-order valence-corrected chi connectivity index (χ4v) is 2.44. The molecule has 0 saturated heterocycles. The highest BCUT2D eigenvalue weighted by atomic mass is 35.5. The van der Waals surface area contributed by atoms with E-state index in [0.29, 0.717) is 10.0 Å². The van der Waals surface area contributed by atoms with Gasteiger partial charge in [-0.15, -0.1) is 0 Å². The molecule has 3 rings (SSSR count). The number of aromatic nitrogens is 2. The van der Waals surface area contributed by atoms with Gasteiger partial charge >= 0.3 is 0 Å². The largest absolute Gasteiger partial charge is 0.389 e. The Labute approximate surface area is 120 Å². The average molecular weight is 288 g/mol. The van der Waals surface area contributed by atoms with Gasteiger partial charge in [-0.3, -0.25) is 0 Å². The number of fused-ring (bicyclic) bond motifs is 1. The molecule has 0 atom stereocenters. The molecule has 0 fully saturated rings. The van der Waals surface area contributed by atoms with Gasteiger partial charge in [0, 0.05) is 17.1 Å². The molecule has 0 spiro atoms. The van der Waals surface area contributed by atoms with E-state index in [1.165, 1.54) is 0 Å². The first kappa shape index (κ1) is 12.1. The summed E-state index contributed by atoms with van der Waals surface area (Å²) in [5.74, 6) is 0. The maximum atomic E-state index is 5.92. The normalized spacial score (nSPS) is 10.8. The van der Waals surface area contributed by atoms with Crippen LogP contribution in [-0.4, -0.2) is 14.8 Å². The highest BCUT2D eigenvalue weighted by molar-refractivity contribution is 7.80. The summed E-state index contributed by atoms with van der Waals surface area (Å²) in [6.07, 6.45) is 3.38. The van der Waals surface area contributed by atoms with Gasteiger partial charge in [0.05, 0.1) is 16.9 Å². The molecule has 1 heterocycles. The number of halogens is 1. The number of benzene rings is 2. The van der Waals surface area contributed by atoms with Gasteiger partial charge in [-0.1, -0.05) is 48.1 Å². The van der Waals surface area contributed by atoms with E-state index >= 15 is 0 Å². The fourth-order valence-electron chi connectivity index (χ4n) is 2.13. The monoisotopic (exact) mass is 287 g/mol. The third-order valence-electron chi connectivity index (χ3n) is 2.96. The van der Waals surface area contributed by atoms with Crippen molar-refractivity contribution >= 4 is 39.6 Å². The highest BCUT2D eigenvalue weighted by Crippen LogP contribution is 2.26. The minimum absolute atomic E-state index is 0.390. The first-order valence-corrected chi connectivity index (χ1v) is 6.47. The number of rotatable bonds is 2. The summed E-state index contributed by atoms with van der Waals surface area (Å²) in [7, 11) is 0. The lowest BCUT2D eigenvalue weighted by molar-refractivity contribution is 0.888. The molecule has 5 heteroatoms. The van der Waals surface area contributed by atoms with Crippen LogP contribution in [-0.2, 0) is 0 Å². The Kier molecular flexibility index (Phi) is 2.97. The summed E-state index contributed by atoms with van der Waals surface area (Å²) < 4.78 is 1.74. The summed E-state index contributed by atoms with van der Waals surface area (Å²) in [4.78, 5) is 0.390. The lowest BCUT2D eigenvalue weighted by Crippen LogP contribution is -2.10. The minimum atomic E-state index is 0.390. The summed E-state index contributed by atoms with van der Waals surface area (Å²) in [5.41, 5.74) is 7.58. The van der Waals surface area contributed by atoms with Crippen molar-refractivity contribution in [1.29, 1.82) is 0 Å². The molecule has 0 unspecified atom stereocenters. The van der Waals surface area contributed by atoms with Gasteiger partial charge in [-0.05, 0) is 17.5 Å². The van der Waals surface area contributed by atoms with Gasteiger partial charge in [-0.2, -0.15) is 5.10 Å². The molecule has 0 aliphatic carbocycles. The lowest BCUT2D eigenvalue weighted by atomic mass is 10.0. The van der Waals surface area contributed by atoms with E-state index in [4.69, 9.17) is 29.6 Å². The quantitative estimate of drug-likeness (QED) is 0.736. The Bertz CT molecular complexity index is 779. The third kappa shape index (κ3) is 2.09. The van der Waals surface area contributed by atoms with Gasteiger partial charge in [-0.25, -0.2) is 4.68 Å². The maximum Gasteiger partial charge on any atom is 0.104 e. The van der Waals surface area contributed by atoms with Gasteiger partial charge in [0.25, 0.3) is 0 Å². The van der Waals surface area contributed by atoms with Crippen LogP contribution in [0.25, 0.3) is 16.5 Å². The van der Waals surface area contributed by atoms with Crippen LogP contribution in [0.1, 0.15) is 5.56 Å². The zero-order chi connectivity index (χ0) is 13.4. The molecular weight excluding hydrogens is 278 g/mol. The highest BCUT2D eigenvalue weighted by Gasteiger charge is 2.09. The van der Waals surface area contributed by atoms with Gasteiger partial charge in [0.1, 0.15) is 4.99 Å². The van der Waals surface area contributed by atoms with E-state index in [2.05, 4.69) is 5.10 Å². The SMILES string of the molecule is NC(=S)c1ccc(-n2cc(Cl)cn2)c2ccccc12. The Balaban J connectivity index is 2.34. The molecule has 0 radical (unpaired) electrons. The predicted molar refractivity (Wildman–Crippen MR) is 82.0 cm³/mol. The smallest absolute Gasteiger partial charge is 0.104 e. The van der Waals surface area contributed by atoms with E-state index < -0.39 is 0 Å². The maximum absolute atomic E-state index is 5.92. The topological polar surface area (TPSA) is 43.8 Å². The van der Waals surface area contributed by atoms with Crippen molar-refractivity contribution in [3.8, 4) is 5.69 Å². The molecule has 3 aromatic rings. The van der Waals surface area contributed by atoms with Crippen molar-refractivity contribution in [2.24, 2.45) is 5.73 Å². The van der Waals surface area contributed by atoms with Crippen molar-refractivity contribution in [3.63, 3.8) is 0 Å². The lowest BCUT2D eigenvalue weighted by Gasteiger charge is -2.10. The number of hydrogen-bond donors (Lipinski definition) is 1. The van der Waals surface area contributed by atoms with Gasteiger partial charge < -0.3 is 5.73 Å². The van der Waals surface area contributed by atoms with Gasteiger partial charge in [0.2, 0.25) is 0 Å². The average Bonchev–Trinajstić information content (AvgIpc) is 2.83. The Hall–Kier alpha value is -1.91. The van der Waals surface area contributed by atoms with Crippen LogP contribution < -0.4 is 5.73 Å². The van der Waals surface area contributed by atoms with Crippen LogP contribution >= 0.6 is 23.8 Å². The van der Waals surface area contributed by atoms with Crippen LogP contribution in [0.3, 0.4) is 0 Å². The molecule has 1 aromatic heterocycles. The number of thiocarbonyl (C=S) groups is 1. The molecule has 0 saturated carbocycles. The van der Waals surface area contributed by atoms with Crippen molar-refractivity contribution < 1.29 is 0 Å². The van der Waals surface area contributed by atoms with Crippen LogP contribution in [0.4, 0.5) is 0 Å². The predicted octanol–water partition coefficient (Wildman–Crippen LogP) is 3.31. The Morgan fingerprint density at radius 1 is 1.16 bits per heavy atom. The molecule has 2 N–H and O–H groups in total. The summed E-state index contributed by atoms with van der Waals surface area (Å²) in [5, 5.41) is 6.88. The Morgan fingerprint density at radius 3 is 2.53 bits per heavy atom. The van der Waals surface area contributed by atoms with Crippen molar-refractivity contribution in [3.05, 3.63) is 59.4 Å². The molecule has 19 heavy (non-hydrogen) atoms. The van der Waals surface area contributed by atoms with Crippen molar-refractivity contribution in [2.45, 2.75) is 0 Å². The van der Waals surface area contributed by atoms with Crippen molar-refractivity contribution in [1.82, 2.24) is 9.78 Å². The minimum Gasteiger partial charge on any atom is -0.389 e. The molecule has 94 valence electrons. The fraction of sp³-hybridized carbons (Fsp3) is 0. The second-order valence-electron chi connectivity index (χ2n) is 4.15. The molecule has 2 aromatic carbocycles. The number of nitrogens with two attached hydrogens (primary N) is 1. The van der Waals surface area contributed by atoms with E-state index in [1.807, 2.05) is 36.4 Å². The molecule has 3 nitrogen and oxygen atoms in total. The second kappa shape index (κ2) is 4.64. The van der Waals surface area contributed by atoms with E-state index in [1.54, 1.807) is 17.1 Å². The van der Waals surface area contributed by atoms with Crippen LogP contribution in [0.5, 0.6) is 0 Å². The molecule has 0 aliphatic heterocycles. The standard InChI is InChI=1S/C14H10ClN3S/c15-9-7-17-18(8-9)13-6-5-12(14(16)19)10-3-1-2-4-11(10)13/h1-8H,(H2,16,19). The Morgan fingerprint density at radius 2 is 1.89 bits per heavy atom. The third-order valence-corrected chi connectivity index (χ3v) is 3.38. The number of hydrogen-bond acceptors (Lipinski definition) is 2. The molecule has 0 bridgehead atoms. The summed E-state index contributed by atoms with van der Waals surface area (Å²) >= 11 is 11.0. The van der Waals surface area contributed by atoms with Crippen LogP contribution in [0.2, 0.25) is 5.02 Å². The van der Waals surface area contributed by atoms with E-state index in [-0.39, 0.29) is 0 Å². The second-order valence-corrected chi connectivity index (χ2v) is 5.02. The summed E-state index contributed by atoms with van der Waals surface area (Å²) in [6, 6.07) is 11.8.